The Hall–Kier alpha value is -3.07. The molecule has 9 heteroatoms. The Balaban J connectivity index is 2.10. The highest BCUT2D eigenvalue weighted by atomic mass is 19.4. The summed E-state index contributed by atoms with van der Waals surface area (Å²) in [5, 5.41) is 8.41. The van der Waals surface area contributed by atoms with Crippen molar-refractivity contribution in [3.63, 3.8) is 0 Å². The van der Waals surface area contributed by atoms with Gasteiger partial charge in [0.2, 0.25) is 0 Å². The Morgan fingerprint density at radius 3 is 2.77 bits per heavy atom. The van der Waals surface area contributed by atoms with E-state index in [1.807, 2.05) is 11.9 Å². The highest BCUT2D eigenvalue weighted by Crippen LogP contribution is 2.38. The van der Waals surface area contributed by atoms with Crippen LogP contribution in [-0.2, 0) is 6.18 Å². The molecule has 0 aliphatic carbocycles. The first-order valence-electron chi connectivity index (χ1n) is 7.50. The first kappa shape index (κ1) is 17.7. The summed E-state index contributed by atoms with van der Waals surface area (Å²) >= 11 is 0. The van der Waals surface area contributed by atoms with Crippen molar-refractivity contribution >= 4 is 16.8 Å². The number of hydrogen-bond donors (Lipinski definition) is 2. The smallest absolute Gasteiger partial charge is 0.417 e. The topological polar surface area (TPSA) is 74.7 Å². The maximum absolute atomic E-state index is 13.6. The fraction of sp³-hybridized carbons (Fsp3) is 0.176. The number of aromatic nitrogens is 1. The maximum atomic E-state index is 13.6. The fourth-order valence-electron chi connectivity index (χ4n) is 2.55. The van der Waals surface area contributed by atoms with Crippen LogP contribution in [0.25, 0.3) is 10.9 Å². The Bertz CT molecular complexity index is 923. The van der Waals surface area contributed by atoms with Gasteiger partial charge < -0.3 is 9.64 Å². The van der Waals surface area contributed by atoms with Gasteiger partial charge in [0, 0.05) is 31.4 Å². The standard InChI is InChI=1S/C17H14F3N3O3/c1-23-6-4-10(5-7-23)26-11-2-3-14-12(8-11)15(17(18,19)20)13(9-21-14)16(24)22-25/h2-6,8-9,25H,7H2,1H3,(H,22,24). The van der Waals surface area contributed by atoms with E-state index in [-0.39, 0.29) is 16.7 Å². The molecule has 2 heterocycles. The van der Waals surface area contributed by atoms with Gasteiger partial charge in [-0.25, -0.2) is 5.48 Å². The Morgan fingerprint density at radius 1 is 1.38 bits per heavy atom. The van der Waals surface area contributed by atoms with E-state index in [0.29, 0.717) is 12.3 Å². The normalized spacial score (nSPS) is 14.3. The van der Waals surface area contributed by atoms with E-state index >= 15 is 0 Å². The number of amides is 1. The lowest BCUT2D eigenvalue weighted by Gasteiger charge is -2.18. The number of nitrogens with zero attached hydrogens (tertiary/aromatic N) is 2. The molecule has 1 aromatic heterocycles. The molecule has 0 fully saturated rings. The number of carbonyl (C=O) groups excluding carboxylic acids is 1. The van der Waals surface area contributed by atoms with Crippen molar-refractivity contribution in [2.75, 3.05) is 13.6 Å². The molecule has 0 saturated carbocycles. The average Bonchev–Trinajstić information content (AvgIpc) is 2.61. The summed E-state index contributed by atoms with van der Waals surface area (Å²) in [5.41, 5.74) is -0.705. The number of halogens is 3. The number of hydrogen-bond acceptors (Lipinski definition) is 5. The van der Waals surface area contributed by atoms with Gasteiger partial charge in [-0.15, -0.1) is 0 Å². The van der Waals surface area contributed by atoms with Crippen LogP contribution in [0.2, 0.25) is 0 Å². The molecule has 0 saturated heterocycles. The third kappa shape index (κ3) is 3.47. The summed E-state index contributed by atoms with van der Waals surface area (Å²) in [6.07, 6.45) is 1.20. The minimum absolute atomic E-state index is 0.0482. The fourth-order valence-corrected chi connectivity index (χ4v) is 2.55. The Labute approximate surface area is 146 Å². The molecular weight excluding hydrogens is 351 g/mol. The summed E-state index contributed by atoms with van der Waals surface area (Å²) in [6.45, 7) is 0.607. The van der Waals surface area contributed by atoms with Crippen LogP contribution >= 0.6 is 0 Å². The number of likely N-dealkylation sites (N-methyl/N-ethyl adjacent to an activating group) is 1. The van der Waals surface area contributed by atoms with Crippen molar-refractivity contribution in [1.82, 2.24) is 15.4 Å². The van der Waals surface area contributed by atoms with Crippen LogP contribution in [0.15, 0.2) is 48.5 Å². The van der Waals surface area contributed by atoms with Crippen LogP contribution in [0.4, 0.5) is 13.2 Å². The van der Waals surface area contributed by atoms with Crippen LogP contribution in [-0.4, -0.2) is 34.6 Å². The number of pyridine rings is 1. The molecule has 0 spiro atoms. The second-order valence-corrected chi connectivity index (χ2v) is 5.63. The lowest BCUT2D eigenvalue weighted by Crippen LogP contribution is -2.23. The Morgan fingerprint density at radius 2 is 2.15 bits per heavy atom. The monoisotopic (exact) mass is 365 g/mol. The van der Waals surface area contributed by atoms with Crippen molar-refractivity contribution in [3.8, 4) is 5.75 Å². The first-order valence-corrected chi connectivity index (χ1v) is 7.50. The van der Waals surface area contributed by atoms with Crippen molar-refractivity contribution in [2.45, 2.75) is 6.18 Å². The number of alkyl halides is 3. The predicted molar refractivity (Wildman–Crippen MR) is 86.5 cm³/mol. The molecule has 0 unspecified atom stereocenters. The van der Waals surface area contributed by atoms with Gasteiger partial charge in [0.25, 0.3) is 5.91 Å². The van der Waals surface area contributed by atoms with Crippen LogP contribution in [0.5, 0.6) is 5.75 Å². The SMILES string of the molecule is CN1C=CC(Oc2ccc3ncc(C(=O)NO)c(C(F)(F)F)c3c2)=CC1. The number of nitrogens with one attached hydrogen (secondary N) is 1. The van der Waals surface area contributed by atoms with Crippen molar-refractivity contribution < 1.29 is 27.9 Å². The van der Waals surface area contributed by atoms with Gasteiger partial charge in [-0.1, -0.05) is 0 Å². The third-order valence-corrected chi connectivity index (χ3v) is 3.78. The highest BCUT2D eigenvalue weighted by molar-refractivity contribution is 6.00. The molecule has 1 aliphatic heterocycles. The van der Waals surface area contributed by atoms with E-state index in [1.165, 1.54) is 23.7 Å². The van der Waals surface area contributed by atoms with Gasteiger partial charge in [-0.3, -0.25) is 15.0 Å². The van der Waals surface area contributed by atoms with Crippen molar-refractivity contribution in [2.24, 2.45) is 0 Å². The largest absolute Gasteiger partial charge is 0.458 e. The number of fused-ring (bicyclic) bond motifs is 1. The molecule has 2 aromatic rings. The van der Waals surface area contributed by atoms with E-state index in [0.717, 1.165) is 6.20 Å². The zero-order valence-corrected chi connectivity index (χ0v) is 13.5. The Kier molecular flexibility index (Phi) is 4.56. The van der Waals surface area contributed by atoms with Gasteiger partial charge in [0.15, 0.2) is 0 Å². The van der Waals surface area contributed by atoms with E-state index < -0.39 is 23.2 Å². The predicted octanol–water partition coefficient (Wildman–Crippen LogP) is 3.09. The maximum Gasteiger partial charge on any atom is 0.417 e. The van der Waals surface area contributed by atoms with Crippen LogP contribution in [0, 0.1) is 0 Å². The number of hydroxylamine groups is 1. The molecule has 1 aliphatic rings. The van der Waals surface area contributed by atoms with E-state index in [4.69, 9.17) is 9.94 Å². The van der Waals surface area contributed by atoms with Gasteiger partial charge in [-0.2, -0.15) is 13.2 Å². The van der Waals surface area contributed by atoms with E-state index in [2.05, 4.69) is 4.98 Å². The molecule has 3 rings (SSSR count). The first-order chi connectivity index (χ1) is 12.3. The van der Waals surface area contributed by atoms with E-state index in [1.54, 1.807) is 18.4 Å². The lowest BCUT2D eigenvalue weighted by atomic mass is 10.0. The summed E-state index contributed by atoms with van der Waals surface area (Å²) < 4.78 is 46.3. The second kappa shape index (κ2) is 6.68. The zero-order chi connectivity index (χ0) is 18.9. The number of ether oxygens (including phenoxy) is 1. The molecule has 136 valence electrons. The van der Waals surface area contributed by atoms with Gasteiger partial charge in [-0.05, 0) is 30.4 Å². The van der Waals surface area contributed by atoms with Gasteiger partial charge >= 0.3 is 6.18 Å². The average molecular weight is 365 g/mol. The van der Waals surface area contributed by atoms with Crippen LogP contribution < -0.4 is 10.2 Å². The quantitative estimate of drug-likeness (QED) is 0.646. The summed E-state index contributed by atoms with van der Waals surface area (Å²) in [7, 11) is 1.87. The molecule has 6 nitrogen and oxygen atoms in total. The van der Waals surface area contributed by atoms with Crippen LogP contribution in [0.3, 0.4) is 0 Å². The molecule has 0 atom stereocenters. The number of rotatable bonds is 3. The third-order valence-electron chi connectivity index (χ3n) is 3.78. The number of benzene rings is 1. The minimum atomic E-state index is -4.83. The van der Waals surface area contributed by atoms with Crippen LogP contribution in [0.1, 0.15) is 15.9 Å². The van der Waals surface area contributed by atoms with Crippen molar-refractivity contribution in [1.29, 1.82) is 0 Å². The molecule has 1 aromatic carbocycles. The van der Waals surface area contributed by atoms with Crippen molar-refractivity contribution in [3.05, 3.63) is 59.6 Å². The molecule has 0 bridgehead atoms. The number of allylic oxidation sites excluding steroid dienone is 1. The summed E-state index contributed by atoms with van der Waals surface area (Å²) in [4.78, 5) is 17.4. The summed E-state index contributed by atoms with van der Waals surface area (Å²) in [6, 6.07) is 4.04. The molecule has 1 amide bonds. The molecule has 2 N–H and O–H groups in total. The van der Waals surface area contributed by atoms with Gasteiger partial charge in [0.1, 0.15) is 11.5 Å². The summed E-state index contributed by atoms with van der Waals surface area (Å²) in [5.74, 6) is -0.626. The molecule has 0 radical (unpaired) electrons. The number of carbonyl (C=O) groups is 1. The minimum Gasteiger partial charge on any atom is -0.458 e. The van der Waals surface area contributed by atoms with Gasteiger partial charge in [0.05, 0.1) is 16.6 Å². The second-order valence-electron chi connectivity index (χ2n) is 5.63. The molecule has 26 heavy (non-hydrogen) atoms. The lowest BCUT2D eigenvalue weighted by molar-refractivity contribution is -0.136. The zero-order valence-electron chi connectivity index (χ0n) is 13.5. The van der Waals surface area contributed by atoms with E-state index in [9.17, 15) is 18.0 Å². The molecular formula is C17H14F3N3O3. The highest BCUT2D eigenvalue weighted by Gasteiger charge is 2.38.